The van der Waals surface area contributed by atoms with E-state index in [1.165, 1.54) is 22.7 Å². The maximum atomic E-state index is 11.5. The third-order valence-corrected chi connectivity index (χ3v) is 5.14. The van der Waals surface area contributed by atoms with E-state index in [1.54, 1.807) is 0 Å². The molecule has 2 N–H and O–H groups in total. The molecule has 0 aliphatic carbocycles. The van der Waals surface area contributed by atoms with Crippen LogP contribution in [-0.4, -0.2) is 69.7 Å². The van der Waals surface area contributed by atoms with Crippen LogP contribution in [0.3, 0.4) is 0 Å². The summed E-state index contributed by atoms with van der Waals surface area (Å²) < 4.78 is 24.4. The van der Waals surface area contributed by atoms with Gasteiger partial charge in [-0.2, -0.15) is 11.8 Å². The van der Waals surface area contributed by atoms with Gasteiger partial charge in [-0.15, -0.1) is 0 Å². The van der Waals surface area contributed by atoms with Crippen molar-refractivity contribution < 1.29 is 8.42 Å². The molecule has 0 saturated carbocycles. The van der Waals surface area contributed by atoms with Gasteiger partial charge in [-0.3, -0.25) is 4.99 Å². The Balaban J connectivity index is 4.10. The Kier molecular flexibility index (Phi) is 12.7. The Labute approximate surface area is 140 Å². The molecule has 0 aliphatic rings. The monoisotopic (exact) mass is 352 g/mol. The van der Waals surface area contributed by atoms with Gasteiger partial charge in [-0.05, 0) is 38.2 Å². The van der Waals surface area contributed by atoms with Crippen molar-refractivity contribution in [3.05, 3.63) is 0 Å². The van der Waals surface area contributed by atoms with Gasteiger partial charge in [0.1, 0.15) is 0 Å². The molecule has 0 aromatic carbocycles. The van der Waals surface area contributed by atoms with E-state index in [1.807, 2.05) is 25.6 Å². The van der Waals surface area contributed by atoms with Crippen LogP contribution >= 0.6 is 11.8 Å². The minimum absolute atomic E-state index is 0.510. The lowest BCUT2D eigenvalue weighted by Crippen LogP contribution is -2.38. The summed E-state index contributed by atoms with van der Waals surface area (Å²) in [6, 6.07) is 0. The lowest BCUT2D eigenvalue weighted by molar-refractivity contribution is 0.427. The van der Waals surface area contributed by atoms with Crippen LogP contribution < -0.4 is 10.6 Å². The number of unbranched alkanes of at least 4 members (excludes halogenated alkanes) is 1. The van der Waals surface area contributed by atoms with Crippen molar-refractivity contribution in [2.45, 2.75) is 33.1 Å². The predicted octanol–water partition coefficient (Wildman–Crippen LogP) is 1.36. The van der Waals surface area contributed by atoms with Gasteiger partial charge in [0, 0.05) is 32.7 Å². The van der Waals surface area contributed by atoms with E-state index >= 15 is 0 Å². The fourth-order valence-electron chi connectivity index (χ4n) is 1.92. The average molecular weight is 353 g/mol. The van der Waals surface area contributed by atoms with Gasteiger partial charge in [-0.1, -0.05) is 6.92 Å². The lowest BCUT2D eigenvalue weighted by atomic mass is 10.3. The van der Waals surface area contributed by atoms with E-state index < -0.39 is 10.0 Å². The van der Waals surface area contributed by atoms with Gasteiger partial charge in [0.2, 0.25) is 10.0 Å². The second-order valence-electron chi connectivity index (χ2n) is 5.00. The number of rotatable bonds is 12. The number of aliphatic imine (C=N–C) groups is 1. The summed E-state index contributed by atoms with van der Waals surface area (Å²) in [5.74, 6) is 2.00. The van der Waals surface area contributed by atoms with Crippen molar-refractivity contribution in [1.29, 1.82) is 0 Å². The normalized spacial score (nSPS) is 12.7. The molecule has 0 bridgehead atoms. The zero-order valence-corrected chi connectivity index (χ0v) is 16.0. The summed E-state index contributed by atoms with van der Waals surface area (Å²) in [5.41, 5.74) is 0. The number of nitrogens with zero attached hydrogens (tertiary/aromatic N) is 2. The van der Waals surface area contributed by atoms with Crippen LogP contribution in [0.2, 0.25) is 0 Å². The van der Waals surface area contributed by atoms with E-state index in [0.29, 0.717) is 19.6 Å². The average Bonchev–Trinajstić information content (AvgIpc) is 2.45. The van der Waals surface area contributed by atoms with Gasteiger partial charge in [0.25, 0.3) is 0 Å². The van der Waals surface area contributed by atoms with Crippen LogP contribution in [-0.2, 0) is 10.0 Å². The first-order valence-corrected chi connectivity index (χ1v) is 11.2. The molecule has 0 saturated heterocycles. The number of hydrogen-bond acceptors (Lipinski definition) is 4. The molecule has 0 radical (unpaired) electrons. The van der Waals surface area contributed by atoms with E-state index in [2.05, 4.69) is 21.9 Å². The number of nitrogens with one attached hydrogen (secondary N) is 2. The smallest absolute Gasteiger partial charge is 0.211 e. The van der Waals surface area contributed by atoms with E-state index in [4.69, 9.17) is 0 Å². The fourth-order valence-corrected chi connectivity index (χ4v) is 3.34. The molecule has 0 aromatic heterocycles. The molecular weight excluding hydrogens is 320 g/mol. The molecule has 0 fully saturated rings. The molecule has 0 aromatic rings. The highest BCUT2D eigenvalue weighted by Gasteiger charge is 2.12. The van der Waals surface area contributed by atoms with Gasteiger partial charge in [0.05, 0.1) is 6.26 Å². The zero-order chi connectivity index (χ0) is 16.8. The largest absolute Gasteiger partial charge is 0.357 e. The van der Waals surface area contributed by atoms with Crippen LogP contribution in [0.5, 0.6) is 0 Å². The summed E-state index contributed by atoms with van der Waals surface area (Å²) in [5, 5.41) is 6.52. The van der Waals surface area contributed by atoms with Crippen molar-refractivity contribution in [3.8, 4) is 0 Å². The highest BCUT2D eigenvalue weighted by atomic mass is 32.2. The highest BCUT2D eigenvalue weighted by Crippen LogP contribution is 1.99. The van der Waals surface area contributed by atoms with Crippen molar-refractivity contribution in [3.63, 3.8) is 0 Å². The van der Waals surface area contributed by atoms with Crippen LogP contribution in [0.15, 0.2) is 4.99 Å². The maximum absolute atomic E-state index is 11.5. The van der Waals surface area contributed by atoms with Crippen LogP contribution in [0, 0.1) is 0 Å². The molecule has 0 aliphatic heterocycles. The van der Waals surface area contributed by atoms with Crippen molar-refractivity contribution >= 4 is 27.7 Å². The maximum Gasteiger partial charge on any atom is 0.211 e. The first-order valence-electron chi connectivity index (χ1n) is 7.91. The minimum atomic E-state index is -3.10. The summed E-state index contributed by atoms with van der Waals surface area (Å²) in [6.45, 7) is 7.27. The molecule has 0 amide bonds. The summed E-state index contributed by atoms with van der Waals surface area (Å²) in [6.07, 6.45) is 6.43. The molecule has 132 valence electrons. The summed E-state index contributed by atoms with van der Waals surface area (Å²) in [4.78, 5) is 4.49. The fraction of sp³-hybridized carbons (Fsp3) is 0.929. The molecule has 0 heterocycles. The quantitative estimate of drug-likeness (QED) is 0.315. The topological polar surface area (TPSA) is 73.8 Å². The standard InChI is InChI=1S/C14H32N4O2S2/c1-5-15-14(16-10-7-8-13-21-3)17-11-9-12-18(6-2)22(4,19)20/h5-13H2,1-4H3,(H2,15,16,17). The number of thioether (sulfide) groups is 1. The van der Waals surface area contributed by atoms with Crippen LogP contribution in [0.4, 0.5) is 0 Å². The molecule has 0 spiro atoms. The molecule has 0 unspecified atom stereocenters. The van der Waals surface area contributed by atoms with Crippen molar-refractivity contribution in [2.75, 3.05) is 51.0 Å². The number of hydrogen-bond donors (Lipinski definition) is 2. The Bertz CT molecular complexity index is 400. The number of sulfonamides is 1. The van der Waals surface area contributed by atoms with Crippen LogP contribution in [0.25, 0.3) is 0 Å². The molecule has 0 rings (SSSR count). The summed E-state index contributed by atoms with van der Waals surface area (Å²) >= 11 is 1.87. The van der Waals surface area contributed by atoms with Gasteiger partial charge < -0.3 is 10.6 Å². The molecule has 8 heteroatoms. The van der Waals surface area contributed by atoms with E-state index in [-0.39, 0.29) is 0 Å². The Hall–Kier alpha value is -0.470. The zero-order valence-electron chi connectivity index (χ0n) is 14.4. The van der Waals surface area contributed by atoms with Gasteiger partial charge in [-0.25, -0.2) is 12.7 Å². The Morgan fingerprint density at radius 1 is 1.18 bits per heavy atom. The molecule has 0 atom stereocenters. The van der Waals surface area contributed by atoms with Gasteiger partial charge in [0.15, 0.2) is 5.96 Å². The van der Waals surface area contributed by atoms with E-state index in [9.17, 15) is 8.42 Å². The number of guanidine groups is 1. The predicted molar refractivity (Wildman–Crippen MR) is 98.3 cm³/mol. The lowest BCUT2D eigenvalue weighted by Gasteiger charge is -2.17. The highest BCUT2D eigenvalue weighted by molar-refractivity contribution is 7.98. The third kappa shape index (κ3) is 11.1. The van der Waals surface area contributed by atoms with Crippen molar-refractivity contribution in [2.24, 2.45) is 4.99 Å². The molecular formula is C14H32N4O2S2. The van der Waals surface area contributed by atoms with Crippen molar-refractivity contribution in [1.82, 2.24) is 14.9 Å². The SMILES string of the molecule is CCNC(=NCCCN(CC)S(C)(=O)=O)NCCCCSC. The first kappa shape index (κ1) is 21.5. The molecule has 6 nitrogen and oxygen atoms in total. The molecule has 22 heavy (non-hydrogen) atoms. The van der Waals surface area contributed by atoms with Gasteiger partial charge >= 0.3 is 0 Å². The first-order chi connectivity index (χ1) is 10.5. The second-order valence-corrected chi connectivity index (χ2v) is 7.96. The minimum Gasteiger partial charge on any atom is -0.357 e. The van der Waals surface area contributed by atoms with Crippen LogP contribution in [0.1, 0.15) is 33.1 Å². The Morgan fingerprint density at radius 3 is 2.45 bits per heavy atom. The Morgan fingerprint density at radius 2 is 1.91 bits per heavy atom. The third-order valence-electron chi connectivity index (χ3n) is 3.07. The summed E-state index contributed by atoms with van der Waals surface area (Å²) in [7, 11) is -3.10. The second kappa shape index (κ2) is 13.0. The van der Waals surface area contributed by atoms with E-state index in [0.717, 1.165) is 31.9 Å².